The van der Waals surface area contributed by atoms with E-state index in [-0.39, 0.29) is 6.54 Å². The fourth-order valence-electron chi connectivity index (χ4n) is 1.73. The number of sulfone groups is 1. The molecule has 0 aromatic heterocycles. The maximum Gasteiger partial charge on any atom is 0.183 e. The number of benzene rings is 1. The highest BCUT2D eigenvalue weighted by Gasteiger charge is 2.36. The van der Waals surface area contributed by atoms with Gasteiger partial charge >= 0.3 is 0 Å². The van der Waals surface area contributed by atoms with Gasteiger partial charge in [0.05, 0.1) is 10.1 Å². The van der Waals surface area contributed by atoms with E-state index in [1.165, 1.54) is 0 Å². The van der Waals surface area contributed by atoms with E-state index in [2.05, 4.69) is 0 Å². The monoisotopic (exact) mass is 231 g/mol. The molecule has 2 rings (SSSR count). The Bertz CT molecular complexity index is 470. The predicted molar refractivity (Wildman–Crippen MR) is 55.2 cm³/mol. The molecule has 1 aliphatic heterocycles. The van der Waals surface area contributed by atoms with Crippen LogP contribution in [0.15, 0.2) is 23.1 Å². The van der Waals surface area contributed by atoms with Gasteiger partial charge in [-0.3, -0.25) is 0 Å². The molecule has 0 bridgehead atoms. The summed E-state index contributed by atoms with van der Waals surface area (Å²) in [5.41, 5.74) is 6.13. The van der Waals surface area contributed by atoms with Crippen molar-refractivity contribution in [3.8, 4) is 0 Å². The summed E-state index contributed by atoms with van der Waals surface area (Å²) in [6.07, 6.45) is 0.438. The molecule has 0 spiro atoms. The van der Waals surface area contributed by atoms with Crippen molar-refractivity contribution in [1.82, 2.24) is 0 Å². The van der Waals surface area contributed by atoms with E-state index in [1.54, 1.807) is 18.2 Å². The summed E-state index contributed by atoms with van der Waals surface area (Å²) in [7, 11) is -3.23. The van der Waals surface area contributed by atoms with Crippen LogP contribution in [0.3, 0.4) is 0 Å². The zero-order valence-electron chi connectivity index (χ0n) is 7.40. The zero-order chi connectivity index (χ0) is 10.3. The van der Waals surface area contributed by atoms with Crippen molar-refractivity contribution in [2.75, 3.05) is 6.54 Å². The maximum atomic E-state index is 11.8. The molecule has 3 nitrogen and oxygen atoms in total. The van der Waals surface area contributed by atoms with Gasteiger partial charge in [-0.1, -0.05) is 17.7 Å². The van der Waals surface area contributed by atoms with Crippen molar-refractivity contribution >= 4 is 21.4 Å². The van der Waals surface area contributed by atoms with Gasteiger partial charge in [0, 0.05) is 11.6 Å². The number of rotatable bonds is 1. The second kappa shape index (κ2) is 3.22. The van der Waals surface area contributed by atoms with Gasteiger partial charge in [0.15, 0.2) is 9.84 Å². The molecule has 2 N–H and O–H groups in total. The van der Waals surface area contributed by atoms with Crippen LogP contribution >= 0.6 is 11.6 Å². The average molecular weight is 232 g/mol. The third-order valence-electron chi connectivity index (χ3n) is 2.52. The lowest BCUT2D eigenvalue weighted by atomic mass is 10.1. The first-order valence-electron chi connectivity index (χ1n) is 4.28. The Morgan fingerprint density at radius 1 is 1.50 bits per heavy atom. The molecule has 1 aromatic carbocycles. The fraction of sp³-hybridized carbons (Fsp3) is 0.333. The van der Waals surface area contributed by atoms with Crippen LogP contribution in [0, 0.1) is 0 Å². The summed E-state index contributed by atoms with van der Waals surface area (Å²) < 4.78 is 23.7. The molecular weight excluding hydrogens is 222 g/mol. The van der Waals surface area contributed by atoms with E-state index in [1.807, 2.05) is 0 Å². The Labute approximate surface area is 87.8 Å². The summed E-state index contributed by atoms with van der Waals surface area (Å²) in [5, 5.41) is 0.0134. The van der Waals surface area contributed by atoms with Crippen LogP contribution in [0.1, 0.15) is 5.56 Å². The van der Waals surface area contributed by atoms with Gasteiger partial charge in [0.25, 0.3) is 0 Å². The Morgan fingerprint density at radius 3 is 2.79 bits per heavy atom. The fourth-order valence-corrected chi connectivity index (χ4v) is 3.84. The van der Waals surface area contributed by atoms with Crippen LogP contribution < -0.4 is 5.73 Å². The Kier molecular flexibility index (Phi) is 2.29. The maximum absolute atomic E-state index is 11.8. The van der Waals surface area contributed by atoms with Gasteiger partial charge in [0.1, 0.15) is 0 Å². The molecule has 1 atom stereocenters. The lowest BCUT2D eigenvalue weighted by Crippen LogP contribution is -2.26. The number of hydrogen-bond acceptors (Lipinski definition) is 3. The highest BCUT2D eigenvalue weighted by Crippen LogP contribution is 2.34. The molecule has 1 aromatic rings. The van der Waals surface area contributed by atoms with E-state index >= 15 is 0 Å². The molecule has 14 heavy (non-hydrogen) atoms. The third-order valence-corrected chi connectivity index (χ3v) is 5.10. The van der Waals surface area contributed by atoms with Crippen molar-refractivity contribution in [3.05, 3.63) is 28.8 Å². The number of fused-ring (bicyclic) bond motifs is 1. The Balaban J connectivity index is 2.66. The van der Waals surface area contributed by atoms with Crippen molar-refractivity contribution in [1.29, 1.82) is 0 Å². The quantitative estimate of drug-likeness (QED) is 0.785. The van der Waals surface area contributed by atoms with Crippen LogP contribution in [0.25, 0.3) is 0 Å². The van der Waals surface area contributed by atoms with Crippen LogP contribution in [0.5, 0.6) is 0 Å². The van der Waals surface area contributed by atoms with Gasteiger partial charge < -0.3 is 5.73 Å². The molecular formula is C9H10ClNO2S. The molecule has 0 saturated carbocycles. The highest BCUT2D eigenvalue weighted by atomic mass is 35.5. The van der Waals surface area contributed by atoms with Gasteiger partial charge in [0.2, 0.25) is 0 Å². The van der Waals surface area contributed by atoms with Gasteiger partial charge in [-0.15, -0.1) is 0 Å². The molecule has 0 fully saturated rings. The van der Waals surface area contributed by atoms with Crippen LogP contribution in [0.2, 0.25) is 5.02 Å². The Hall–Kier alpha value is -0.580. The van der Waals surface area contributed by atoms with Crippen molar-refractivity contribution < 1.29 is 8.42 Å². The molecule has 1 heterocycles. The summed E-state index contributed by atoms with van der Waals surface area (Å²) in [5.74, 6) is 0. The normalized spacial score (nSPS) is 23.4. The van der Waals surface area contributed by atoms with Crippen molar-refractivity contribution in [3.63, 3.8) is 0 Å². The van der Waals surface area contributed by atoms with E-state index in [9.17, 15) is 8.42 Å². The van der Waals surface area contributed by atoms with Crippen molar-refractivity contribution in [2.45, 2.75) is 16.6 Å². The van der Waals surface area contributed by atoms with Crippen LogP contribution in [-0.2, 0) is 16.3 Å². The zero-order valence-corrected chi connectivity index (χ0v) is 8.98. The smallest absolute Gasteiger partial charge is 0.183 e. The topological polar surface area (TPSA) is 60.2 Å². The molecule has 1 unspecified atom stereocenters. The number of halogens is 1. The summed E-state index contributed by atoms with van der Waals surface area (Å²) >= 11 is 5.91. The number of nitrogens with two attached hydrogens (primary N) is 1. The first-order chi connectivity index (χ1) is 6.57. The molecule has 0 saturated heterocycles. The minimum atomic E-state index is -3.23. The molecule has 0 radical (unpaired) electrons. The average Bonchev–Trinajstić information content (AvgIpc) is 2.40. The summed E-state index contributed by atoms with van der Waals surface area (Å²) in [4.78, 5) is 0.348. The molecule has 5 heteroatoms. The molecule has 1 aliphatic rings. The van der Waals surface area contributed by atoms with E-state index < -0.39 is 15.1 Å². The van der Waals surface area contributed by atoms with E-state index in [0.717, 1.165) is 0 Å². The highest BCUT2D eigenvalue weighted by molar-refractivity contribution is 7.92. The first kappa shape index (κ1) is 9.96. The lowest BCUT2D eigenvalue weighted by molar-refractivity contribution is 0.587. The first-order valence-corrected chi connectivity index (χ1v) is 6.21. The SMILES string of the molecule is NCC1Cc2c(Cl)cccc2S1(=O)=O. The second-order valence-electron chi connectivity index (χ2n) is 3.32. The predicted octanol–water partition coefficient (Wildman–Crippen LogP) is 0.997. The second-order valence-corrected chi connectivity index (χ2v) is 5.93. The van der Waals surface area contributed by atoms with E-state index in [4.69, 9.17) is 17.3 Å². The number of hydrogen-bond donors (Lipinski definition) is 1. The van der Waals surface area contributed by atoms with Crippen LogP contribution in [-0.4, -0.2) is 20.2 Å². The van der Waals surface area contributed by atoms with Gasteiger partial charge in [-0.05, 0) is 24.1 Å². The molecule has 76 valence electrons. The largest absolute Gasteiger partial charge is 0.329 e. The summed E-state index contributed by atoms with van der Waals surface area (Å²) in [6.45, 7) is 0.146. The minimum Gasteiger partial charge on any atom is -0.329 e. The third kappa shape index (κ3) is 1.26. The van der Waals surface area contributed by atoms with Gasteiger partial charge in [-0.25, -0.2) is 8.42 Å². The van der Waals surface area contributed by atoms with Gasteiger partial charge in [-0.2, -0.15) is 0 Å². The molecule has 0 amide bonds. The summed E-state index contributed by atoms with van der Waals surface area (Å²) in [6, 6.07) is 4.94. The standard InChI is InChI=1S/C9H10ClNO2S/c10-8-2-1-3-9-7(8)4-6(5-11)14(9,12)13/h1-3,6H,4-5,11H2. The minimum absolute atomic E-state index is 0.146. The molecule has 0 aliphatic carbocycles. The Morgan fingerprint density at radius 2 is 2.21 bits per heavy atom. The van der Waals surface area contributed by atoms with E-state index in [0.29, 0.717) is 21.9 Å². The lowest BCUT2D eigenvalue weighted by Gasteiger charge is -2.03. The van der Waals surface area contributed by atoms with Crippen molar-refractivity contribution in [2.24, 2.45) is 5.73 Å². The van der Waals surface area contributed by atoms with Crippen LogP contribution in [0.4, 0.5) is 0 Å².